The minimum Gasteiger partial charge on any atom is -0.478 e. The van der Waals surface area contributed by atoms with Gasteiger partial charge in [0.25, 0.3) is 6.43 Å². The molecule has 0 saturated carbocycles. The number of aromatic carboxylic acids is 1. The monoisotopic (exact) mass is 585 g/mol. The first-order chi connectivity index (χ1) is 20.0. The average Bonchev–Trinajstić information content (AvgIpc) is 3.12. The van der Waals surface area contributed by atoms with Crippen molar-refractivity contribution in [2.75, 3.05) is 26.3 Å². The van der Waals surface area contributed by atoms with Crippen LogP contribution < -0.4 is 0 Å². The second kappa shape index (κ2) is 12.2. The first-order valence-corrected chi connectivity index (χ1v) is 13.7. The van der Waals surface area contributed by atoms with Gasteiger partial charge in [-0.2, -0.15) is 13.2 Å². The number of likely N-dealkylation sites (tertiary alicyclic amines) is 1. The fourth-order valence-corrected chi connectivity index (χ4v) is 5.76. The summed E-state index contributed by atoms with van der Waals surface area (Å²) < 4.78 is 82.0. The third kappa shape index (κ3) is 6.31. The summed E-state index contributed by atoms with van der Waals surface area (Å²) >= 11 is 0. The maximum Gasteiger partial charge on any atom is 0.417 e. The number of alkyl halides is 6. The molecule has 9 heteroatoms. The molecule has 0 bridgehead atoms. The molecule has 220 valence electrons. The summed E-state index contributed by atoms with van der Waals surface area (Å²) in [6.07, 6.45) is -4.24. The molecule has 0 amide bonds. The second-order valence-electron chi connectivity index (χ2n) is 10.7. The van der Waals surface area contributed by atoms with Gasteiger partial charge in [-0.3, -0.25) is 9.29 Å². The van der Waals surface area contributed by atoms with Crippen LogP contribution in [0, 0.1) is 0 Å². The average molecular weight is 586 g/mol. The van der Waals surface area contributed by atoms with Crippen molar-refractivity contribution >= 4 is 23.2 Å². The van der Waals surface area contributed by atoms with E-state index in [0.717, 1.165) is 30.8 Å². The van der Waals surface area contributed by atoms with Crippen molar-refractivity contribution in [3.63, 3.8) is 0 Å². The molecule has 3 nitrogen and oxygen atoms in total. The van der Waals surface area contributed by atoms with Crippen molar-refractivity contribution in [3.05, 3.63) is 111 Å². The number of benzene rings is 3. The van der Waals surface area contributed by atoms with Crippen molar-refractivity contribution in [3.8, 4) is 0 Å². The van der Waals surface area contributed by atoms with Gasteiger partial charge in [0.05, 0.1) is 17.8 Å². The number of rotatable bonds is 8. The molecule has 1 fully saturated rings. The lowest BCUT2D eigenvalue weighted by atomic mass is 9.85. The van der Waals surface area contributed by atoms with Gasteiger partial charge in [-0.05, 0) is 88.4 Å². The largest absolute Gasteiger partial charge is 0.478 e. The van der Waals surface area contributed by atoms with E-state index in [1.54, 1.807) is 12.1 Å². The van der Waals surface area contributed by atoms with Gasteiger partial charge in [0.2, 0.25) is 0 Å². The van der Waals surface area contributed by atoms with E-state index < -0.39 is 29.7 Å². The summed E-state index contributed by atoms with van der Waals surface area (Å²) in [5.41, 5.74) is 3.05. The highest BCUT2D eigenvalue weighted by atomic mass is 19.4. The molecule has 2 aliphatic rings. The Balaban J connectivity index is 1.63. The van der Waals surface area contributed by atoms with Crippen molar-refractivity contribution in [2.24, 2.45) is 0 Å². The van der Waals surface area contributed by atoms with E-state index in [1.165, 1.54) is 11.6 Å². The Morgan fingerprint density at radius 3 is 2.31 bits per heavy atom. The molecule has 42 heavy (non-hydrogen) atoms. The van der Waals surface area contributed by atoms with Gasteiger partial charge in [0.15, 0.2) is 0 Å². The second-order valence-corrected chi connectivity index (χ2v) is 10.7. The molecule has 1 aliphatic heterocycles. The van der Waals surface area contributed by atoms with Gasteiger partial charge < -0.3 is 5.11 Å². The van der Waals surface area contributed by atoms with E-state index >= 15 is 0 Å². The van der Waals surface area contributed by atoms with E-state index in [-0.39, 0.29) is 24.2 Å². The number of aryl methyl sites for hydroxylation is 1. The summed E-state index contributed by atoms with van der Waals surface area (Å²) in [4.78, 5) is 13.8. The Morgan fingerprint density at radius 1 is 0.952 bits per heavy atom. The lowest BCUT2D eigenvalue weighted by Gasteiger charge is -2.33. The third-order valence-corrected chi connectivity index (χ3v) is 7.75. The third-order valence-electron chi connectivity index (χ3n) is 7.75. The van der Waals surface area contributed by atoms with E-state index in [1.807, 2.05) is 30.3 Å². The Bertz CT molecular complexity index is 1530. The minimum atomic E-state index is -4.86. The van der Waals surface area contributed by atoms with Gasteiger partial charge in [-0.25, -0.2) is 13.6 Å². The van der Waals surface area contributed by atoms with Crippen LogP contribution in [0.5, 0.6) is 0 Å². The molecule has 0 unspecified atom stereocenters. The van der Waals surface area contributed by atoms with Crippen LogP contribution in [0.4, 0.5) is 26.3 Å². The van der Waals surface area contributed by atoms with E-state index in [2.05, 4.69) is 4.90 Å². The number of halogens is 6. The van der Waals surface area contributed by atoms with Gasteiger partial charge in [-0.1, -0.05) is 48.5 Å². The van der Waals surface area contributed by atoms with Crippen LogP contribution in [0.1, 0.15) is 75.0 Å². The lowest BCUT2D eigenvalue weighted by molar-refractivity contribution is -0.137. The number of carboxylic acid groups (broad SMARTS) is 1. The highest BCUT2D eigenvalue weighted by Crippen LogP contribution is 2.45. The first kappa shape index (κ1) is 29.6. The summed E-state index contributed by atoms with van der Waals surface area (Å²) in [6.45, 7) is 1.86. The molecule has 1 saturated heterocycles. The molecular formula is C33H29F6NO2. The predicted molar refractivity (Wildman–Crippen MR) is 150 cm³/mol. The fourth-order valence-electron chi connectivity index (χ4n) is 5.76. The zero-order valence-corrected chi connectivity index (χ0v) is 22.7. The van der Waals surface area contributed by atoms with Crippen LogP contribution in [-0.2, 0) is 12.6 Å². The lowest BCUT2D eigenvalue weighted by Crippen LogP contribution is -2.40. The first-order valence-electron chi connectivity index (χ1n) is 13.7. The minimum absolute atomic E-state index is 0.0804. The van der Waals surface area contributed by atoms with E-state index in [9.17, 15) is 36.2 Å². The van der Waals surface area contributed by atoms with Crippen molar-refractivity contribution in [1.82, 2.24) is 4.90 Å². The van der Waals surface area contributed by atoms with Gasteiger partial charge in [0.1, 0.15) is 0 Å². The molecular weight excluding hydrogens is 556 g/mol. The Morgan fingerprint density at radius 2 is 1.67 bits per heavy atom. The number of hydrogen-bond acceptors (Lipinski definition) is 2. The Hall–Kier alpha value is -3.85. The zero-order chi connectivity index (χ0) is 30.0. The van der Waals surface area contributed by atoms with Crippen molar-refractivity contribution < 1.29 is 36.2 Å². The fraction of sp³-hybridized carbons (Fsp3) is 0.303. The SMILES string of the molecule is O=C(O)c1ccc2c(c1)CCCC(c1ccc(C(F)F)cc1C(F)(F)F)=C2c1ccc(C=C2CN(CCCF)C2)cc1. The van der Waals surface area contributed by atoms with Crippen LogP contribution in [0.2, 0.25) is 0 Å². The normalized spacial score (nSPS) is 15.8. The molecule has 0 aromatic heterocycles. The van der Waals surface area contributed by atoms with Gasteiger partial charge in [-0.15, -0.1) is 0 Å². The number of hydrogen-bond donors (Lipinski definition) is 1. The number of fused-ring (bicyclic) bond motifs is 1. The maximum atomic E-state index is 14.3. The quantitative estimate of drug-likeness (QED) is 0.269. The molecule has 1 N–H and O–H groups in total. The van der Waals surface area contributed by atoms with Crippen LogP contribution in [-0.4, -0.2) is 42.3 Å². The Kier molecular flexibility index (Phi) is 8.59. The molecule has 1 heterocycles. The van der Waals surface area contributed by atoms with Crippen LogP contribution in [0.3, 0.4) is 0 Å². The van der Waals surface area contributed by atoms with Crippen LogP contribution in [0.15, 0.2) is 66.2 Å². The zero-order valence-electron chi connectivity index (χ0n) is 22.7. The van der Waals surface area contributed by atoms with Crippen molar-refractivity contribution in [2.45, 2.75) is 38.3 Å². The maximum absolute atomic E-state index is 14.3. The summed E-state index contributed by atoms with van der Waals surface area (Å²) in [5.74, 6) is -1.11. The highest BCUT2D eigenvalue weighted by Gasteiger charge is 2.36. The number of carboxylic acids is 1. The number of carbonyl (C=O) groups is 1. The molecule has 1 aliphatic carbocycles. The standard InChI is InChI=1S/C33H29F6NO2/c34-13-2-14-40-18-21(19-40)15-20-5-7-22(8-6-20)30-26-11-10-25(32(41)42)16-23(26)3-1-4-28(30)27-12-9-24(31(35)36)17-29(27)33(37,38)39/h5-12,15-17,31H,1-4,13-14,18-19H2,(H,41,42). The van der Waals surface area contributed by atoms with Gasteiger partial charge in [0, 0.05) is 25.2 Å². The summed E-state index contributed by atoms with van der Waals surface area (Å²) in [6, 6.07) is 14.7. The van der Waals surface area contributed by atoms with Gasteiger partial charge >= 0.3 is 12.1 Å². The highest BCUT2D eigenvalue weighted by molar-refractivity contribution is 6.01. The number of allylic oxidation sites excluding steroid dienone is 1. The van der Waals surface area contributed by atoms with E-state index in [4.69, 9.17) is 0 Å². The van der Waals surface area contributed by atoms with Crippen LogP contribution in [0.25, 0.3) is 17.2 Å². The van der Waals surface area contributed by atoms with E-state index in [0.29, 0.717) is 59.7 Å². The molecule has 3 aromatic rings. The number of nitrogens with zero attached hydrogens (tertiary/aromatic N) is 1. The smallest absolute Gasteiger partial charge is 0.417 e. The molecule has 0 atom stereocenters. The van der Waals surface area contributed by atoms with Crippen LogP contribution >= 0.6 is 0 Å². The predicted octanol–water partition coefficient (Wildman–Crippen LogP) is 8.70. The molecule has 0 radical (unpaired) electrons. The summed E-state index contributed by atoms with van der Waals surface area (Å²) in [7, 11) is 0. The topological polar surface area (TPSA) is 40.5 Å². The molecule has 0 spiro atoms. The molecule has 5 rings (SSSR count). The van der Waals surface area contributed by atoms with Crippen molar-refractivity contribution in [1.29, 1.82) is 0 Å². The molecule has 3 aromatic carbocycles. The summed E-state index contributed by atoms with van der Waals surface area (Å²) in [5, 5.41) is 9.53. The Labute approximate surface area is 239 Å².